The van der Waals surface area contributed by atoms with Crippen LogP contribution in [0.15, 0.2) is 35.6 Å². The maximum Gasteiger partial charge on any atom is 0.230 e. The van der Waals surface area contributed by atoms with E-state index in [9.17, 15) is 29.7 Å². The smallest absolute Gasteiger partial charge is 0.230 e. The lowest BCUT2D eigenvalue weighted by atomic mass is 9.60. The molecule has 0 aromatic heterocycles. The van der Waals surface area contributed by atoms with Crippen molar-refractivity contribution in [3.8, 4) is 5.75 Å². The molecule has 0 saturated heterocycles. The van der Waals surface area contributed by atoms with E-state index < -0.39 is 41.3 Å². The Kier molecular flexibility index (Phi) is 4.53. The summed E-state index contributed by atoms with van der Waals surface area (Å²) in [5.74, 6) is -5.79. The molecule has 2 aromatic carbocycles. The first-order chi connectivity index (χ1) is 15.2. The van der Waals surface area contributed by atoms with Gasteiger partial charge in [-0.15, -0.1) is 0 Å². The minimum Gasteiger partial charge on any atom is -0.511 e. The van der Waals surface area contributed by atoms with Gasteiger partial charge in [-0.05, 0) is 48.8 Å². The number of nitrogens with one attached hydrogen (secondary N) is 1. The fourth-order valence-corrected chi connectivity index (χ4v) is 5.96. The molecule has 5 rings (SSSR count). The first-order valence-corrected chi connectivity index (χ1v) is 10.7. The number of ketones is 2. The molecule has 3 aliphatic rings. The Labute approximate surface area is 183 Å². The van der Waals surface area contributed by atoms with Crippen LogP contribution in [0.3, 0.4) is 0 Å². The van der Waals surface area contributed by atoms with Gasteiger partial charge in [0.05, 0.1) is 17.6 Å². The molecule has 1 amide bonds. The van der Waals surface area contributed by atoms with Gasteiger partial charge in [0.15, 0.2) is 11.6 Å². The minimum atomic E-state index is -1.40. The number of phenolic OH excluding ortho intramolecular Hbond substituents is 1. The minimum absolute atomic E-state index is 0.117. The Morgan fingerprint density at radius 3 is 2.59 bits per heavy atom. The fourth-order valence-electron chi connectivity index (χ4n) is 5.96. The Bertz CT molecular complexity index is 1230. The van der Waals surface area contributed by atoms with Crippen LogP contribution in [0, 0.1) is 23.7 Å². The molecular formula is C24H24N2O6. The number of aliphatic hydroxyl groups is 2. The summed E-state index contributed by atoms with van der Waals surface area (Å²) in [7, 11) is 1.78. The van der Waals surface area contributed by atoms with Gasteiger partial charge in [0, 0.05) is 29.1 Å². The molecule has 5 atom stereocenters. The predicted molar refractivity (Wildman–Crippen MR) is 116 cm³/mol. The molecule has 0 aliphatic heterocycles. The number of Topliss-reactive ketones (excluding diaryl/α,β-unsaturated/α-hetero) is 2. The number of rotatable bonds is 2. The molecule has 1 fully saturated rings. The molecule has 0 bridgehead atoms. The summed E-state index contributed by atoms with van der Waals surface area (Å²) in [6, 6.07) is 7.26. The Balaban J connectivity index is 1.66. The number of phenols is 1. The van der Waals surface area contributed by atoms with Crippen molar-refractivity contribution in [1.29, 1.82) is 0 Å². The van der Waals surface area contributed by atoms with Crippen LogP contribution in [0.4, 0.5) is 5.69 Å². The normalized spacial score (nSPS) is 29.4. The zero-order valence-electron chi connectivity index (χ0n) is 17.5. The second-order valence-electron chi connectivity index (χ2n) is 9.00. The van der Waals surface area contributed by atoms with Crippen LogP contribution in [0.1, 0.15) is 28.8 Å². The third-order valence-corrected chi connectivity index (χ3v) is 7.33. The van der Waals surface area contributed by atoms with Crippen LogP contribution >= 0.6 is 0 Å². The van der Waals surface area contributed by atoms with Crippen molar-refractivity contribution < 1.29 is 29.7 Å². The molecule has 6 N–H and O–H groups in total. The molecule has 166 valence electrons. The van der Waals surface area contributed by atoms with Gasteiger partial charge in [-0.1, -0.05) is 12.1 Å². The van der Waals surface area contributed by atoms with E-state index >= 15 is 0 Å². The molecule has 0 radical (unpaired) electrons. The van der Waals surface area contributed by atoms with Crippen LogP contribution in [0.2, 0.25) is 0 Å². The lowest BCUT2D eigenvalue weighted by Gasteiger charge is -2.43. The Hall–Kier alpha value is -3.39. The number of aromatic hydroxyl groups is 1. The monoisotopic (exact) mass is 436 g/mol. The van der Waals surface area contributed by atoms with E-state index in [-0.39, 0.29) is 35.0 Å². The van der Waals surface area contributed by atoms with E-state index in [0.717, 1.165) is 11.1 Å². The fraction of sp³-hybridized carbons (Fsp3) is 0.375. The highest BCUT2D eigenvalue weighted by molar-refractivity contribution is 6.17. The number of carbonyl (C=O) groups is 3. The summed E-state index contributed by atoms with van der Waals surface area (Å²) in [6.45, 7) is 0. The summed E-state index contributed by atoms with van der Waals surface area (Å²) in [5.41, 5.74) is 7.06. The number of aliphatic hydroxyl groups excluding tert-OH is 2. The SMILES string of the molecule is CNc1cccc2c(O)c3c(cc12)C[C@H]1C[C@H]2CC(O)C(C(N)=O)C(=O)C2C(O)=C1C3=O. The zero-order valence-corrected chi connectivity index (χ0v) is 17.5. The van der Waals surface area contributed by atoms with Gasteiger partial charge in [0.2, 0.25) is 5.91 Å². The molecule has 32 heavy (non-hydrogen) atoms. The van der Waals surface area contributed by atoms with Gasteiger partial charge in [-0.2, -0.15) is 0 Å². The van der Waals surface area contributed by atoms with Crippen LogP contribution in [0.5, 0.6) is 5.75 Å². The number of anilines is 1. The molecule has 0 spiro atoms. The zero-order chi connectivity index (χ0) is 22.9. The van der Waals surface area contributed by atoms with Crippen LogP contribution < -0.4 is 11.1 Å². The average molecular weight is 436 g/mol. The number of allylic oxidation sites excluding steroid dienone is 2. The van der Waals surface area contributed by atoms with Gasteiger partial charge in [-0.25, -0.2) is 0 Å². The van der Waals surface area contributed by atoms with Gasteiger partial charge in [0.25, 0.3) is 0 Å². The maximum absolute atomic E-state index is 13.5. The van der Waals surface area contributed by atoms with Crippen molar-refractivity contribution in [2.45, 2.75) is 25.4 Å². The number of benzene rings is 2. The van der Waals surface area contributed by atoms with Gasteiger partial charge in [0.1, 0.15) is 17.4 Å². The Morgan fingerprint density at radius 1 is 1.16 bits per heavy atom. The van der Waals surface area contributed by atoms with E-state index in [2.05, 4.69) is 5.32 Å². The van der Waals surface area contributed by atoms with E-state index in [4.69, 9.17) is 5.73 Å². The number of amides is 1. The van der Waals surface area contributed by atoms with Crippen LogP contribution in [-0.2, 0) is 16.0 Å². The quantitative estimate of drug-likeness (QED) is 0.451. The highest BCUT2D eigenvalue weighted by Crippen LogP contribution is 2.50. The lowest BCUT2D eigenvalue weighted by Crippen LogP contribution is -2.52. The summed E-state index contributed by atoms with van der Waals surface area (Å²) in [4.78, 5) is 38.2. The molecule has 2 aromatic rings. The first-order valence-electron chi connectivity index (χ1n) is 10.7. The number of nitrogens with two attached hydrogens (primary N) is 1. The number of hydrogen-bond donors (Lipinski definition) is 5. The van der Waals surface area contributed by atoms with Crippen molar-refractivity contribution in [3.05, 3.63) is 46.7 Å². The van der Waals surface area contributed by atoms with Gasteiger partial charge >= 0.3 is 0 Å². The Morgan fingerprint density at radius 2 is 1.91 bits per heavy atom. The molecule has 3 unspecified atom stereocenters. The number of primary amides is 1. The summed E-state index contributed by atoms with van der Waals surface area (Å²) < 4.78 is 0. The van der Waals surface area contributed by atoms with Crippen LogP contribution in [0.25, 0.3) is 10.8 Å². The topological polar surface area (TPSA) is 150 Å². The second-order valence-corrected chi connectivity index (χ2v) is 9.00. The molecule has 8 nitrogen and oxygen atoms in total. The van der Waals surface area contributed by atoms with Crippen molar-refractivity contribution >= 4 is 33.9 Å². The van der Waals surface area contributed by atoms with E-state index in [0.29, 0.717) is 23.8 Å². The number of carbonyl (C=O) groups excluding carboxylic acids is 3. The summed E-state index contributed by atoms with van der Waals surface area (Å²) >= 11 is 0. The summed E-state index contributed by atoms with van der Waals surface area (Å²) in [6.07, 6.45) is -0.232. The van der Waals surface area contributed by atoms with Gasteiger partial charge in [-0.3, -0.25) is 14.4 Å². The predicted octanol–water partition coefficient (Wildman–Crippen LogP) is 1.83. The third kappa shape index (κ3) is 2.69. The average Bonchev–Trinajstić information content (AvgIpc) is 2.72. The van der Waals surface area contributed by atoms with Crippen LogP contribution in [-0.4, -0.2) is 45.9 Å². The van der Waals surface area contributed by atoms with E-state index in [1.54, 1.807) is 19.2 Å². The van der Waals surface area contributed by atoms with Crippen molar-refractivity contribution in [1.82, 2.24) is 0 Å². The second kappa shape index (κ2) is 7.06. The molecule has 0 heterocycles. The molecule has 8 heteroatoms. The first kappa shape index (κ1) is 20.5. The third-order valence-electron chi connectivity index (χ3n) is 7.33. The maximum atomic E-state index is 13.5. The number of fused-ring (bicyclic) bond motifs is 4. The highest BCUT2D eigenvalue weighted by atomic mass is 16.3. The van der Waals surface area contributed by atoms with E-state index in [1.165, 1.54) is 0 Å². The molecule has 1 saturated carbocycles. The van der Waals surface area contributed by atoms with Crippen molar-refractivity contribution in [2.75, 3.05) is 12.4 Å². The molecule has 3 aliphatic carbocycles. The van der Waals surface area contributed by atoms with E-state index in [1.807, 2.05) is 12.1 Å². The highest BCUT2D eigenvalue weighted by Gasteiger charge is 2.53. The largest absolute Gasteiger partial charge is 0.511 e. The lowest BCUT2D eigenvalue weighted by molar-refractivity contribution is -0.146. The number of hydrogen-bond acceptors (Lipinski definition) is 7. The van der Waals surface area contributed by atoms with Crippen molar-refractivity contribution in [3.63, 3.8) is 0 Å². The summed E-state index contributed by atoms with van der Waals surface area (Å²) in [5, 5.41) is 36.8. The molecular weight excluding hydrogens is 412 g/mol. The van der Waals surface area contributed by atoms with Gasteiger partial charge < -0.3 is 26.4 Å². The van der Waals surface area contributed by atoms with Crippen molar-refractivity contribution in [2.24, 2.45) is 29.4 Å². The standard InChI is InChI=1S/C24H24N2O6/c1-26-14-4-2-3-12-13(14)7-10-5-9-6-11-8-15(27)19(24(25)32)23(31)18(11)22(30)17(9)21(29)16(10)20(12)28/h2-4,7,9,11,15,18-19,26-28,30H,5-6,8H2,1H3,(H2,25,32)/t9-,11-,15?,18?,19?/m0/s1.